The van der Waals surface area contributed by atoms with Gasteiger partial charge in [-0.05, 0) is 43.6 Å². The highest BCUT2D eigenvalue weighted by Crippen LogP contribution is 2.30. The number of hydrogen-bond donors (Lipinski definition) is 0. The molecule has 1 rings (SSSR count). The number of hydrogen-bond acceptors (Lipinski definition) is 1. The molecule has 0 amide bonds. The smallest absolute Gasteiger partial charge is 0.163 e. The van der Waals surface area contributed by atoms with Crippen LogP contribution in [0.4, 0.5) is 0 Å². The molecule has 0 aliphatic heterocycles. The van der Waals surface area contributed by atoms with Gasteiger partial charge in [0.1, 0.15) is 0 Å². The zero-order valence-electron chi connectivity index (χ0n) is 17.7. The lowest BCUT2D eigenvalue weighted by Gasteiger charge is -2.19. The SMILES string of the molecule is C=C(CCCCCC)CC(CC(=O)C(/C=C\CC)=C/CC)c1ccccc1. The number of carbonyl (C=O) groups is 1. The quantitative estimate of drug-likeness (QED) is 0.141. The van der Waals surface area contributed by atoms with E-state index in [9.17, 15) is 4.79 Å². The van der Waals surface area contributed by atoms with Crippen molar-refractivity contribution in [2.45, 2.75) is 84.5 Å². The third-order valence-electron chi connectivity index (χ3n) is 4.90. The average Bonchev–Trinajstić information content (AvgIpc) is 2.68. The monoisotopic (exact) mass is 366 g/mol. The van der Waals surface area contributed by atoms with Crippen molar-refractivity contribution in [3.8, 4) is 0 Å². The van der Waals surface area contributed by atoms with Crippen molar-refractivity contribution in [1.29, 1.82) is 0 Å². The summed E-state index contributed by atoms with van der Waals surface area (Å²) < 4.78 is 0. The molecule has 1 aromatic carbocycles. The van der Waals surface area contributed by atoms with E-state index < -0.39 is 0 Å². The summed E-state index contributed by atoms with van der Waals surface area (Å²) in [6, 6.07) is 10.5. The van der Waals surface area contributed by atoms with Gasteiger partial charge in [0, 0.05) is 12.0 Å². The van der Waals surface area contributed by atoms with Crippen molar-refractivity contribution < 1.29 is 4.79 Å². The molecule has 1 aromatic rings. The number of rotatable bonds is 14. The minimum atomic E-state index is 0.215. The number of allylic oxidation sites excluding steroid dienone is 5. The van der Waals surface area contributed by atoms with E-state index in [2.05, 4.69) is 63.8 Å². The molecule has 0 radical (unpaired) electrons. The fourth-order valence-electron chi connectivity index (χ4n) is 3.37. The minimum absolute atomic E-state index is 0.215. The maximum Gasteiger partial charge on any atom is 0.163 e. The highest BCUT2D eigenvalue weighted by molar-refractivity contribution is 5.98. The van der Waals surface area contributed by atoms with Crippen LogP contribution in [0.25, 0.3) is 0 Å². The lowest BCUT2D eigenvalue weighted by molar-refractivity contribution is -0.115. The molecule has 0 N–H and O–H groups in total. The van der Waals surface area contributed by atoms with Gasteiger partial charge in [-0.3, -0.25) is 4.79 Å². The van der Waals surface area contributed by atoms with Crippen LogP contribution in [0.2, 0.25) is 0 Å². The normalized spacial score (nSPS) is 13.1. The third kappa shape index (κ3) is 9.56. The standard InChI is InChI=1S/C26H38O/c1-5-8-10-12-16-22(4)20-25(23-18-13-11-14-19-23)21-26(27)24(15-7-3)17-9-6-2/h9,11,13-15,17-19,25H,4-8,10,12,16,20-21H2,1-3H3/b17-9-,24-15+. The second-order valence-electron chi connectivity index (χ2n) is 7.38. The Morgan fingerprint density at radius 2 is 1.74 bits per heavy atom. The van der Waals surface area contributed by atoms with Crippen molar-refractivity contribution in [3.63, 3.8) is 0 Å². The molecule has 0 heterocycles. The van der Waals surface area contributed by atoms with Gasteiger partial charge in [0.25, 0.3) is 0 Å². The molecule has 1 nitrogen and oxygen atoms in total. The first-order chi connectivity index (χ1) is 13.1. The zero-order valence-corrected chi connectivity index (χ0v) is 17.7. The molecular weight excluding hydrogens is 328 g/mol. The van der Waals surface area contributed by atoms with Crippen molar-refractivity contribution >= 4 is 5.78 Å². The number of ketones is 1. The first-order valence-electron chi connectivity index (χ1n) is 10.7. The van der Waals surface area contributed by atoms with Gasteiger partial charge in [-0.25, -0.2) is 0 Å². The minimum Gasteiger partial charge on any atom is -0.294 e. The Morgan fingerprint density at radius 3 is 2.37 bits per heavy atom. The predicted octanol–water partition coefficient (Wildman–Crippen LogP) is 7.95. The van der Waals surface area contributed by atoms with Gasteiger partial charge in [-0.1, -0.05) is 101 Å². The van der Waals surface area contributed by atoms with E-state index in [1.807, 2.05) is 12.1 Å². The number of benzene rings is 1. The maximum atomic E-state index is 13.0. The molecule has 0 bridgehead atoms. The van der Waals surface area contributed by atoms with Crippen LogP contribution in [0.1, 0.15) is 90.0 Å². The molecular formula is C26H38O. The highest BCUT2D eigenvalue weighted by Gasteiger charge is 2.18. The third-order valence-corrected chi connectivity index (χ3v) is 4.90. The van der Waals surface area contributed by atoms with E-state index in [1.165, 1.54) is 36.8 Å². The van der Waals surface area contributed by atoms with E-state index >= 15 is 0 Å². The Bertz CT molecular complexity index is 606. The molecule has 0 aromatic heterocycles. The molecule has 0 saturated heterocycles. The first kappa shape index (κ1) is 23.1. The zero-order chi connectivity index (χ0) is 19.9. The topological polar surface area (TPSA) is 17.1 Å². The Balaban J connectivity index is 2.83. The molecule has 1 unspecified atom stereocenters. The van der Waals surface area contributed by atoms with Gasteiger partial charge in [0.2, 0.25) is 0 Å². The molecule has 27 heavy (non-hydrogen) atoms. The Hall–Kier alpha value is -1.89. The molecule has 0 aliphatic rings. The largest absolute Gasteiger partial charge is 0.294 e. The van der Waals surface area contributed by atoms with Gasteiger partial charge in [0.05, 0.1) is 0 Å². The molecule has 0 saturated carbocycles. The van der Waals surface area contributed by atoms with Gasteiger partial charge in [-0.15, -0.1) is 0 Å². The number of unbranched alkanes of at least 4 members (excludes halogenated alkanes) is 3. The first-order valence-corrected chi connectivity index (χ1v) is 10.7. The predicted molar refractivity (Wildman–Crippen MR) is 119 cm³/mol. The van der Waals surface area contributed by atoms with E-state index in [0.717, 1.165) is 31.3 Å². The molecule has 0 aliphatic carbocycles. The van der Waals surface area contributed by atoms with E-state index in [0.29, 0.717) is 6.42 Å². The summed E-state index contributed by atoms with van der Waals surface area (Å²) in [6.45, 7) is 10.7. The summed E-state index contributed by atoms with van der Waals surface area (Å²) in [6.07, 6.45) is 15.5. The summed E-state index contributed by atoms with van der Waals surface area (Å²) in [5.74, 6) is 0.460. The van der Waals surface area contributed by atoms with Gasteiger partial charge in [0.15, 0.2) is 5.78 Å². The molecule has 148 valence electrons. The summed E-state index contributed by atoms with van der Waals surface area (Å²) >= 11 is 0. The van der Waals surface area contributed by atoms with Gasteiger partial charge < -0.3 is 0 Å². The summed E-state index contributed by atoms with van der Waals surface area (Å²) in [5.41, 5.74) is 3.38. The van der Waals surface area contributed by atoms with Crippen molar-refractivity contribution in [2.75, 3.05) is 0 Å². The van der Waals surface area contributed by atoms with Crippen molar-refractivity contribution in [2.24, 2.45) is 0 Å². The second-order valence-corrected chi connectivity index (χ2v) is 7.38. The van der Waals surface area contributed by atoms with Crippen LogP contribution in [0, 0.1) is 0 Å². The lowest BCUT2D eigenvalue weighted by atomic mass is 9.85. The van der Waals surface area contributed by atoms with Crippen molar-refractivity contribution in [3.05, 3.63) is 71.8 Å². The van der Waals surface area contributed by atoms with Crippen LogP contribution in [-0.4, -0.2) is 5.78 Å². The van der Waals surface area contributed by atoms with Crippen LogP contribution in [0.15, 0.2) is 66.3 Å². The van der Waals surface area contributed by atoms with Gasteiger partial charge in [-0.2, -0.15) is 0 Å². The second kappa shape index (κ2) is 14.2. The summed E-state index contributed by atoms with van der Waals surface area (Å²) in [7, 11) is 0. The Morgan fingerprint density at radius 1 is 1.00 bits per heavy atom. The lowest BCUT2D eigenvalue weighted by Crippen LogP contribution is -2.10. The summed E-state index contributed by atoms with van der Waals surface area (Å²) in [4.78, 5) is 13.0. The highest BCUT2D eigenvalue weighted by atomic mass is 16.1. The van der Waals surface area contributed by atoms with Crippen LogP contribution >= 0.6 is 0 Å². The number of carbonyl (C=O) groups excluding carboxylic acids is 1. The van der Waals surface area contributed by atoms with Crippen molar-refractivity contribution in [1.82, 2.24) is 0 Å². The molecule has 1 atom stereocenters. The van der Waals surface area contributed by atoms with E-state index in [-0.39, 0.29) is 11.7 Å². The molecule has 0 spiro atoms. The van der Waals surface area contributed by atoms with Crippen LogP contribution < -0.4 is 0 Å². The van der Waals surface area contributed by atoms with E-state index in [4.69, 9.17) is 0 Å². The van der Waals surface area contributed by atoms with E-state index in [1.54, 1.807) is 0 Å². The fourth-order valence-corrected chi connectivity index (χ4v) is 3.37. The maximum absolute atomic E-state index is 13.0. The summed E-state index contributed by atoms with van der Waals surface area (Å²) in [5, 5.41) is 0. The van der Waals surface area contributed by atoms with Crippen LogP contribution in [0.3, 0.4) is 0 Å². The van der Waals surface area contributed by atoms with Crippen LogP contribution in [0.5, 0.6) is 0 Å². The van der Waals surface area contributed by atoms with Crippen LogP contribution in [-0.2, 0) is 4.79 Å². The average molecular weight is 367 g/mol. The fraction of sp³-hybridized carbons (Fsp3) is 0.500. The Labute approximate surface area is 167 Å². The molecule has 0 fully saturated rings. The Kier molecular flexibility index (Phi) is 12.2. The molecule has 1 heteroatoms. The number of Topliss-reactive ketones (excluding diaryl/α,β-unsaturated/α-hetero) is 1. The van der Waals surface area contributed by atoms with Gasteiger partial charge >= 0.3 is 0 Å².